The number of benzene rings is 2. The third-order valence-corrected chi connectivity index (χ3v) is 8.73. The number of carboxylic acid groups (broad SMARTS) is 1. The van der Waals surface area contributed by atoms with Crippen LogP contribution in [0.1, 0.15) is 41.6 Å². The van der Waals surface area contributed by atoms with Crippen LogP contribution in [0.2, 0.25) is 0 Å². The molecule has 2 aromatic rings. The Kier molecular flexibility index (Phi) is 6.36. The van der Waals surface area contributed by atoms with E-state index in [-0.39, 0.29) is 69.6 Å². The van der Waals surface area contributed by atoms with Crippen LogP contribution >= 0.6 is 0 Å². The van der Waals surface area contributed by atoms with Crippen LogP contribution < -0.4 is 14.4 Å². The summed E-state index contributed by atoms with van der Waals surface area (Å²) in [6.45, 7) is 1.57. The van der Waals surface area contributed by atoms with Gasteiger partial charge in [-0.1, -0.05) is 17.7 Å². The molecule has 0 aromatic heterocycles. The van der Waals surface area contributed by atoms with Gasteiger partial charge in [-0.3, -0.25) is 24.1 Å². The molecule has 0 saturated carbocycles. The van der Waals surface area contributed by atoms with Gasteiger partial charge in [-0.25, -0.2) is 4.79 Å². The van der Waals surface area contributed by atoms with E-state index in [9.17, 15) is 34.2 Å². The number of carbonyl (C=O) groups is 5. The molecule has 42 heavy (non-hydrogen) atoms. The number of allylic oxidation sites excluding steroid dienone is 6. The number of hydrogen-bond donors (Lipinski definition) is 2. The maximum Gasteiger partial charge on any atom is 0.335 e. The Bertz CT molecular complexity index is 1690. The lowest BCUT2D eigenvalue weighted by Crippen LogP contribution is -2.40. The first-order valence-corrected chi connectivity index (χ1v) is 13.4. The molecule has 1 aliphatic heterocycles. The maximum atomic E-state index is 14.1. The summed E-state index contributed by atoms with van der Waals surface area (Å²) in [5, 5.41) is 19.8. The van der Waals surface area contributed by atoms with Crippen LogP contribution in [-0.2, 0) is 19.2 Å². The molecule has 10 nitrogen and oxygen atoms in total. The number of imide groups is 1. The van der Waals surface area contributed by atoms with Gasteiger partial charge in [0, 0.05) is 40.3 Å². The molecule has 0 unspecified atom stereocenters. The molecular formula is C32H27NO9. The lowest BCUT2D eigenvalue weighted by Gasteiger charge is -2.42. The molecule has 4 aliphatic rings. The van der Waals surface area contributed by atoms with Gasteiger partial charge in [-0.2, -0.15) is 0 Å². The SMILES string of the molecule is COc1cc(O)cc(OC)c1[C@H]1C2=CC[C@@H]3C(=O)N(c4cccc(C(=O)O)c4)C(=O)[C@@H]3[C@@H]2CC2=C1C(=O)C=C(C)C2=O. The van der Waals surface area contributed by atoms with Crippen molar-refractivity contribution in [3.05, 3.63) is 82.0 Å². The lowest BCUT2D eigenvalue weighted by atomic mass is 9.59. The van der Waals surface area contributed by atoms with Crippen molar-refractivity contribution in [3.8, 4) is 17.2 Å². The summed E-state index contributed by atoms with van der Waals surface area (Å²) in [7, 11) is 2.83. The van der Waals surface area contributed by atoms with Gasteiger partial charge in [0.1, 0.15) is 17.2 Å². The van der Waals surface area contributed by atoms with Gasteiger partial charge >= 0.3 is 5.97 Å². The van der Waals surface area contributed by atoms with Crippen LogP contribution in [0.4, 0.5) is 5.69 Å². The number of phenols is 1. The highest BCUT2D eigenvalue weighted by molar-refractivity contribution is 6.25. The molecule has 6 rings (SSSR count). The van der Waals surface area contributed by atoms with Crippen molar-refractivity contribution in [2.75, 3.05) is 19.1 Å². The molecule has 1 saturated heterocycles. The average molecular weight is 570 g/mol. The quantitative estimate of drug-likeness (QED) is 0.312. The van der Waals surface area contributed by atoms with Gasteiger partial charge < -0.3 is 19.7 Å². The fourth-order valence-electron chi connectivity index (χ4n) is 6.96. The van der Waals surface area contributed by atoms with Crippen LogP contribution in [-0.4, -0.2) is 53.8 Å². The van der Waals surface area contributed by atoms with E-state index in [0.29, 0.717) is 11.1 Å². The van der Waals surface area contributed by atoms with Crippen molar-refractivity contribution in [1.82, 2.24) is 0 Å². The Balaban J connectivity index is 1.53. The first-order valence-electron chi connectivity index (χ1n) is 13.4. The second-order valence-electron chi connectivity index (χ2n) is 10.9. The highest BCUT2D eigenvalue weighted by Gasteiger charge is 2.57. The van der Waals surface area contributed by atoms with E-state index in [1.54, 1.807) is 6.92 Å². The zero-order chi connectivity index (χ0) is 30.0. The normalized spacial score (nSPS) is 25.0. The average Bonchev–Trinajstić information content (AvgIpc) is 3.23. The molecule has 1 fully saturated rings. The molecule has 2 aromatic carbocycles. The smallest absolute Gasteiger partial charge is 0.335 e. The van der Waals surface area contributed by atoms with E-state index < -0.39 is 41.5 Å². The first-order chi connectivity index (χ1) is 20.1. The number of phenolic OH excluding ortho intramolecular Hbond substituents is 1. The fraction of sp³-hybridized carbons (Fsp3) is 0.281. The first kappa shape index (κ1) is 27.2. The number of rotatable bonds is 5. The number of anilines is 1. The number of ether oxygens (including phenoxy) is 2. The molecule has 4 atom stereocenters. The van der Waals surface area contributed by atoms with Crippen LogP contribution in [0, 0.1) is 17.8 Å². The van der Waals surface area contributed by atoms with Crippen molar-refractivity contribution < 1.29 is 43.7 Å². The third kappa shape index (κ3) is 3.89. The number of aromatic carboxylic acids is 1. The Hall–Kier alpha value is -4.99. The summed E-state index contributed by atoms with van der Waals surface area (Å²) >= 11 is 0. The Morgan fingerprint density at radius 2 is 1.67 bits per heavy atom. The predicted molar refractivity (Wildman–Crippen MR) is 148 cm³/mol. The number of carbonyl (C=O) groups excluding carboxylic acids is 4. The number of aromatic hydroxyl groups is 1. The Morgan fingerprint density at radius 1 is 0.976 bits per heavy atom. The van der Waals surface area contributed by atoms with Gasteiger partial charge in [0.25, 0.3) is 0 Å². The minimum Gasteiger partial charge on any atom is -0.508 e. The predicted octanol–water partition coefficient (Wildman–Crippen LogP) is 3.74. The number of nitrogens with zero attached hydrogens (tertiary/aromatic N) is 1. The monoisotopic (exact) mass is 569 g/mol. The third-order valence-electron chi connectivity index (χ3n) is 8.73. The van der Waals surface area contributed by atoms with Gasteiger partial charge in [-0.05, 0) is 50.0 Å². The number of fused-ring (bicyclic) bond motifs is 3. The maximum absolute atomic E-state index is 14.1. The van der Waals surface area contributed by atoms with Crippen molar-refractivity contribution in [2.24, 2.45) is 17.8 Å². The molecule has 3 aliphatic carbocycles. The Morgan fingerprint density at radius 3 is 2.31 bits per heavy atom. The number of amides is 2. The summed E-state index contributed by atoms with van der Waals surface area (Å²) < 4.78 is 11.2. The molecule has 1 heterocycles. The van der Waals surface area contributed by atoms with Gasteiger partial charge in [0.05, 0.1) is 37.3 Å². The standard InChI is InChI=1S/C32H27NO9/c1-14-9-22(35)26-21(29(14)36)13-20-18(27(26)28-23(41-2)11-17(34)12-24(28)42-3)7-8-19-25(20)31(38)33(30(19)37)16-6-4-5-15(10-16)32(39)40/h4-7,9-12,19-20,25,27,34H,8,13H2,1-3H3,(H,39,40)/t19-,20+,25-,27-/m0/s1. The zero-order valence-corrected chi connectivity index (χ0v) is 23.0. The summed E-state index contributed by atoms with van der Waals surface area (Å²) in [5.74, 6) is -5.43. The summed E-state index contributed by atoms with van der Waals surface area (Å²) in [4.78, 5) is 67.4. The van der Waals surface area contributed by atoms with Crippen molar-refractivity contribution in [1.29, 1.82) is 0 Å². The van der Waals surface area contributed by atoms with E-state index in [0.717, 1.165) is 4.90 Å². The highest BCUT2D eigenvalue weighted by atomic mass is 16.5. The number of carboxylic acids is 1. The summed E-state index contributed by atoms with van der Waals surface area (Å²) in [6, 6.07) is 8.45. The number of hydrogen-bond acceptors (Lipinski definition) is 8. The molecule has 0 radical (unpaired) electrons. The Labute approximate surface area is 240 Å². The summed E-state index contributed by atoms with van der Waals surface area (Å²) in [5.41, 5.74) is 2.04. The fourth-order valence-corrected chi connectivity index (χ4v) is 6.96. The number of methoxy groups -OCH3 is 2. The van der Waals surface area contributed by atoms with E-state index in [4.69, 9.17) is 9.47 Å². The van der Waals surface area contributed by atoms with E-state index >= 15 is 0 Å². The second-order valence-corrected chi connectivity index (χ2v) is 10.9. The molecule has 0 spiro atoms. The second kappa shape index (κ2) is 9.83. The topological polar surface area (TPSA) is 148 Å². The molecule has 0 bridgehead atoms. The minimum atomic E-state index is -1.19. The van der Waals surface area contributed by atoms with Crippen molar-refractivity contribution >= 4 is 35.0 Å². The number of Topliss-reactive ketones (excluding diaryl/α,β-unsaturated/α-hetero) is 1. The van der Waals surface area contributed by atoms with Gasteiger partial charge in [0.15, 0.2) is 11.6 Å². The number of ketones is 2. The lowest BCUT2D eigenvalue weighted by molar-refractivity contribution is -0.123. The van der Waals surface area contributed by atoms with Gasteiger partial charge in [-0.15, -0.1) is 0 Å². The van der Waals surface area contributed by atoms with Crippen LogP contribution in [0.5, 0.6) is 17.2 Å². The largest absolute Gasteiger partial charge is 0.508 e. The van der Waals surface area contributed by atoms with Crippen LogP contribution in [0.25, 0.3) is 0 Å². The van der Waals surface area contributed by atoms with Crippen molar-refractivity contribution in [3.63, 3.8) is 0 Å². The van der Waals surface area contributed by atoms with E-state index in [2.05, 4.69) is 0 Å². The molecule has 2 N–H and O–H groups in total. The van der Waals surface area contributed by atoms with Crippen molar-refractivity contribution in [2.45, 2.75) is 25.7 Å². The molecule has 214 valence electrons. The van der Waals surface area contributed by atoms with Crippen LogP contribution in [0.3, 0.4) is 0 Å². The zero-order valence-electron chi connectivity index (χ0n) is 23.0. The van der Waals surface area contributed by atoms with E-state index in [1.165, 1.54) is 56.7 Å². The highest BCUT2D eigenvalue weighted by Crippen LogP contribution is 2.58. The van der Waals surface area contributed by atoms with Crippen LogP contribution in [0.15, 0.2) is 70.8 Å². The molecular weight excluding hydrogens is 542 g/mol. The summed E-state index contributed by atoms with van der Waals surface area (Å²) in [6.07, 6.45) is 3.45. The van der Waals surface area contributed by atoms with Gasteiger partial charge in [0.2, 0.25) is 11.8 Å². The molecule has 10 heteroatoms. The molecule has 2 amide bonds. The van der Waals surface area contributed by atoms with E-state index in [1.807, 2.05) is 6.08 Å². The minimum absolute atomic E-state index is 0.0607.